The summed E-state index contributed by atoms with van der Waals surface area (Å²) >= 11 is 0. The summed E-state index contributed by atoms with van der Waals surface area (Å²) in [6.45, 7) is 1.91. The van der Waals surface area contributed by atoms with Crippen LogP contribution in [0.5, 0.6) is 5.75 Å². The number of carbonyl (C=O) groups excluding carboxylic acids is 2. The van der Waals surface area contributed by atoms with Gasteiger partial charge in [0.25, 0.3) is 5.56 Å². The number of benzene rings is 1. The molecular formula is C27H21N3O7. The number of aliphatic hydroxyl groups excluding tert-OH is 1. The lowest BCUT2D eigenvalue weighted by molar-refractivity contribution is -0.157. The van der Waals surface area contributed by atoms with Crippen molar-refractivity contribution in [3.8, 4) is 17.1 Å². The van der Waals surface area contributed by atoms with E-state index in [2.05, 4.69) is 4.98 Å². The van der Waals surface area contributed by atoms with Crippen LogP contribution in [-0.4, -0.2) is 38.4 Å². The molecule has 3 aromatic heterocycles. The molecule has 10 heteroatoms. The molecular weight excluding hydrogens is 478 g/mol. The molecule has 0 bridgehead atoms. The average Bonchev–Trinajstić information content (AvgIpc) is 3.28. The van der Waals surface area contributed by atoms with E-state index in [1.807, 2.05) is 13.0 Å². The van der Waals surface area contributed by atoms with Crippen LogP contribution < -0.4 is 10.3 Å². The van der Waals surface area contributed by atoms with Gasteiger partial charge in [-0.3, -0.25) is 9.78 Å². The minimum Gasteiger partial charge on any atom is -0.458 e. The molecule has 1 unspecified atom stereocenters. The highest BCUT2D eigenvalue weighted by molar-refractivity contribution is 5.90. The highest BCUT2D eigenvalue weighted by atomic mass is 16.7. The Hall–Kier alpha value is -4.57. The van der Waals surface area contributed by atoms with Crippen LogP contribution in [0.3, 0.4) is 0 Å². The largest absolute Gasteiger partial charge is 0.458 e. The lowest BCUT2D eigenvalue weighted by Gasteiger charge is -2.21. The Morgan fingerprint density at radius 3 is 2.86 bits per heavy atom. The van der Waals surface area contributed by atoms with Gasteiger partial charge in [-0.05, 0) is 48.4 Å². The number of hydrogen-bond donors (Lipinski definition) is 1. The third-order valence-corrected chi connectivity index (χ3v) is 6.71. The van der Waals surface area contributed by atoms with Gasteiger partial charge in [-0.15, -0.1) is 0 Å². The Morgan fingerprint density at radius 1 is 1.22 bits per heavy atom. The van der Waals surface area contributed by atoms with Crippen LogP contribution in [0.1, 0.15) is 45.6 Å². The van der Waals surface area contributed by atoms with Gasteiger partial charge in [-0.1, -0.05) is 6.92 Å². The smallest absolute Gasteiger partial charge is 0.342 e. The summed E-state index contributed by atoms with van der Waals surface area (Å²) in [4.78, 5) is 45.9. The molecule has 1 N–H and O–H groups in total. The predicted molar refractivity (Wildman–Crippen MR) is 130 cm³/mol. The molecule has 1 aromatic carbocycles. The number of esters is 2. The third kappa shape index (κ3) is 3.73. The fourth-order valence-electron chi connectivity index (χ4n) is 4.90. The van der Waals surface area contributed by atoms with Crippen LogP contribution in [0.15, 0.2) is 53.6 Å². The maximum atomic E-state index is 13.2. The summed E-state index contributed by atoms with van der Waals surface area (Å²) in [5.74, 6) is -0.801. The molecule has 5 heterocycles. The summed E-state index contributed by atoms with van der Waals surface area (Å²) in [6.07, 6.45) is 2.17. The zero-order valence-corrected chi connectivity index (χ0v) is 19.8. The average molecular weight is 499 g/mol. The summed E-state index contributed by atoms with van der Waals surface area (Å²) in [5, 5.41) is 11.2. The Labute approximate surface area is 210 Å². The number of cyclic esters (lactones) is 1. The second kappa shape index (κ2) is 8.82. The fraction of sp³-hybridized carbons (Fsp3) is 0.222. The molecule has 0 saturated heterocycles. The van der Waals surface area contributed by atoms with Gasteiger partial charge in [-0.2, -0.15) is 0 Å². The number of fused-ring (bicyclic) bond motifs is 5. The molecule has 2 aliphatic heterocycles. The van der Waals surface area contributed by atoms with E-state index in [1.54, 1.807) is 41.1 Å². The standard InChI is InChI=1S/C27H21N3O7/c1-2-16-17-8-15(36-13-37-26(33)14-4-3-7-28-10-14)5-6-21(17)29-23-19(16)11-30-22(23)9-18-20(25(30)32)12-35-27(34)24(18)31/h3-10,24,31H,2,11-13H2,1H3. The van der Waals surface area contributed by atoms with Crippen molar-refractivity contribution in [3.63, 3.8) is 0 Å². The molecule has 6 rings (SSSR count). The molecule has 2 aliphatic rings. The molecule has 186 valence electrons. The number of aromatic nitrogens is 3. The Morgan fingerprint density at radius 2 is 2.08 bits per heavy atom. The van der Waals surface area contributed by atoms with E-state index in [0.717, 1.165) is 16.5 Å². The first kappa shape index (κ1) is 22.9. The number of nitrogens with zero attached hydrogens (tertiary/aromatic N) is 3. The highest BCUT2D eigenvalue weighted by Gasteiger charge is 2.34. The van der Waals surface area contributed by atoms with Crippen molar-refractivity contribution in [2.24, 2.45) is 0 Å². The normalized spacial score (nSPS) is 15.5. The monoisotopic (exact) mass is 499 g/mol. The molecule has 1 atom stereocenters. The minimum atomic E-state index is -1.50. The second-order valence-electron chi connectivity index (χ2n) is 8.75. The van der Waals surface area contributed by atoms with Gasteiger partial charge in [0.1, 0.15) is 12.4 Å². The van der Waals surface area contributed by atoms with Crippen molar-refractivity contribution >= 4 is 22.8 Å². The van der Waals surface area contributed by atoms with Crippen LogP contribution in [0.25, 0.3) is 22.3 Å². The van der Waals surface area contributed by atoms with Gasteiger partial charge in [0.15, 0.2) is 6.10 Å². The minimum absolute atomic E-state index is 0.164. The first-order chi connectivity index (χ1) is 18.0. The summed E-state index contributed by atoms with van der Waals surface area (Å²) in [6, 6.07) is 10.3. The van der Waals surface area contributed by atoms with E-state index in [0.29, 0.717) is 41.2 Å². The number of rotatable bonds is 5. The zero-order chi connectivity index (χ0) is 25.7. The first-order valence-electron chi connectivity index (χ1n) is 11.7. The fourth-order valence-corrected chi connectivity index (χ4v) is 4.90. The summed E-state index contributed by atoms with van der Waals surface area (Å²) in [7, 11) is 0. The van der Waals surface area contributed by atoms with Crippen molar-refractivity contribution in [1.29, 1.82) is 0 Å². The molecule has 0 aliphatic carbocycles. The second-order valence-corrected chi connectivity index (χ2v) is 8.75. The van der Waals surface area contributed by atoms with Gasteiger partial charge >= 0.3 is 11.9 Å². The number of carbonyl (C=O) groups is 2. The maximum Gasteiger partial charge on any atom is 0.342 e. The number of aliphatic hydroxyl groups is 1. The van der Waals surface area contributed by atoms with E-state index in [1.165, 1.54) is 6.20 Å². The van der Waals surface area contributed by atoms with Crippen molar-refractivity contribution in [2.45, 2.75) is 32.6 Å². The van der Waals surface area contributed by atoms with Gasteiger partial charge in [0.2, 0.25) is 6.79 Å². The number of hydrogen-bond acceptors (Lipinski definition) is 9. The van der Waals surface area contributed by atoms with Crippen LogP contribution in [-0.2, 0) is 33.8 Å². The van der Waals surface area contributed by atoms with Crippen molar-refractivity contribution < 1.29 is 28.9 Å². The van der Waals surface area contributed by atoms with E-state index in [4.69, 9.17) is 19.2 Å². The lowest BCUT2D eigenvalue weighted by Crippen LogP contribution is -2.32. The van der Waals surface area contributed by atoms with Gasteiger partial charge in [0, 0.05) is 28.9 Å². The molecule has 37 heavy (non-hydrogen) atoms. The van der Waals surface area contributed by atoms with Crippen LogP contribution in [0.2, 0.25) is 0 Å². The number of aryl methyl sites for hydroxylation is 1. The van der Waals surface area contributed by atoms with E-state index in [9.17, 15) is 19.5 Å². The van der Waals surface area contributed by atoms with Gasteiger partial charge in [-0.25, -0.2) is 14.6 Å². The Balaban J connectivity index is 1.33. The molecule has 0 amide bonds. The Kier molecular flexibility index (Phi) is 5.45. The Bertz CT molecular complexity index is 1650. The first-order valence-corrected chi connectivity index (χ1v) is 11.7. The SMILES string of the molecule is CCc1c2c(nc3ccc(OCOC(=O)c4cccnc4)cc13)-c1cc3c(c(=O)n1C2)COC(=O)C3O. The quantitative estimate of drug-likeness (QED) is 0.286. The number of pyridine rings is 3. The van der Waals surface area contributed by atoms with Crippen molar-refractivity contribution in [2.75, 3.05) is 6.79 Å². The van der Waals surface area contributed by atoms with Gasteiger partial charge < -0.3 is 23.9 Å². The molecule has 10 nitrogen and oxygen atoms in total. The van der Waals surface area contributed by atoms with Crippen LogP contribution in [0.4, 0.5) is 0 Å². The highest BCUT2D eigenvalue weighted by Crippen LogP contribution is 2.38. The number of ether oxygens (including phenoxy) is 3. The summed E-state index contributed by atoms with van der Waals surface area (Å²) < 4.78 is 17.4. The van der Waals surface area contributed by atoms with E-state index < -0.39 is 18.0 Å². The van der Waals surface area contributed by atoms with E-state index >= 15 is 0 Å². The van der Waals surface area contributed by atoms with E-state index in [-0.39, 0.29) is 30.1 Å². The molecule has 0 saturated carbocycles. The van der Waals surface area contributed by atoms with Crippen molar-refractivity contribution in [3.05, 3.63) is 87.0 Å². The lowest BCUT2D eigenvalue weighted by atomic mass is 9.97. The summed E-state index contributed by atoms with van der Waals surface area (Å²) in [5.41, 5.74) is 4.39. The zero-order valence-electron chi connectivity index (χ0n) is 19.8. The van der Waals surface area contributed by atoms with Crippen molar-refractivity contribution in [1.82, 2.24) is 14.5 Å². The molecule has 0 fully saturated rings. The van der Waals surface area contributed by atoms with Crippen LogP contribution >= 0.6 is 0 Å². The predicted octanol–water partition coefficient (Wildman–Crippen LogP) is 2.67. The van der Waals surface area contributed by atoms with Crippen LogP contribution in [0, 0.1) is 0 Å². The molecule has 0 spiro atoms. The van der Waals surface area contributed by atoms with Gasteiger partial charge in [0.05, 0.1) is 34.6 Å². The topological polar surface area (TPSA) is 130 Å². The third-order valence-electron chi connectivity index (χ3n) is 6.71. The molecule has 4 aromatic rings. The maximum absolute atomic E-state index is 13.2. The molecule has 0 radical (unpaired) electrons.